The van der Waals surface area contributed by atoms with Crippen LogP contribution in [0.15, 0.2) is 0 Å². The minimum absolute atomic E-state index is 0.218. The zero-order valence-electron chi connectivity index (χ0n) is 8.56. The predicted octanol–water partition coefficient (Wildman–Crippen LogP) is -0.537. The molecule has 0 saturated carbocycles. The largest absolute Gasteiger partial charge is 0.465 e. The van der Waals surface area contributed by atoms with Gasteiger partial charge in [0.2, 0.25) is 0 Å². The zero-order chi connectivity index (χ0) is 11.4. The van der Waals surface area contributed by atoms with E-state index in [4.69, 9.17) is 5.14 Å². The average Bonchev–Trinajstić information content (AvgIpc) is 1.98. The van der Waals surface area contributed by atoms with Crippen LogP contribution in [-0.2, 0) is 19.7 Å². The summed E-state index contributed by atoms with van der Waals surface area (Å²) < 4.78 is 27.5. The summed E-state index contributed by atoms with van der Waals surface area (Å²) in [4.78, 5) is 11.0. The van der Waals surface area contributed by atoms with E-state index in [0.29, 0.717) is 0 Å². The molecule has 0 aromatic carbocycles. The standard InChI is InChI=1S/C7H16N2O4S/c1-4-13-7(10)5-9(6(2)3)14(8,11)12/h6H,4-5H2,1-3H3,(H2,8,11,12). The molecule has 6 nitrogen and oxygen atoms in total. The van der Waals surface area contributed by atoms with Crippen molar-refractivity contribution in [1.29, 1.82) is 0 Å². The lowest BCUT2D eigenvalue weighted by atomic mass is 10.4. The lowest BCUT2D eigenvalue weighted by Gasteiger charge is -2.21. The van der Waals surface area contributed by atoms with Crippen LogP contribution in [0.5, 0.6) is 0 Å². The van der Waals surface area contributed by atoms with Crippen LogP contribution in [0.4, 0.5) is 0 Å². The maximum atomic E-state index is 11.0. The summed E-state index contributed by atoms with van der Waals surface area (Å²) in [6.45, 7) is 4.78. The van der Waals surface area contributed by atoms with E-state index in [1.54, 1.807) is 20.8 Å². The number of carbonyl (C=O) groups excluding carboxylic acids is 1. The lowest BCUT2D eigenvalue weighted by molar-refractivity contribution is -0.143. The second-order valence-electron chi connectivity index (χ2n) is 2.99. The molecular weight excluding hydrogens is 208 g/mol. The van der Waals surface area contributed by atoms with Crippen LogP contribution in [0.1, 0.15) is 20.8 Å². The molecule has 84 valence electrons. The van der Waals surface area contributed by atoms with Gasteiger partial charge in [-0.3, -0.25) is 4.79 Å². The van der Waals surface area contributed by atoms with Gasteiger partial charge in [0, 0.05) is 6.04 Å². The van der Waals surface area contributed by atoms with E-state index >= 15 is 0 Å². The van der Waals surface area contributed by atoms with Gasteiger partial charge in [0.25, 0.3) is 10.2 Å². The minimum atomic E-state index is -3.85. The molecule has 0 rings (SSSR count). The second-order valence-corrected chi connectivity index (χ2v) is 4.49. The first-order valence-corrected chi connectivity index (χ1v) is 5.74. The van der Waals surface area contributed by atoms with Crippen molar-refractivity contribution in [3.8, 4) is 0 Å². The summed E-state index contributed by atoms with van der Waals surface area (Å²) >= 11 is 0. The van der Waals surface area contributed by atoms with Gasteiger partial charge in [0.05, 0.1) is 6.61 Å². The Morgan fingerprint density at radius 3 is 2.29 bits per heavy atom. The van der Waals surface area contributed by atoms with Gasteiger partial charge in [-0.25, -0.2) is 5.14 Å². The van der Waals surface area contributed by atoms with Crippen molar-refractivity contribution >= 4 is 16.2 Å². The van der Waals surface area contributed by atoms with Gasteiger partial charge < -0.3 is 4.74 Å². The summed E-state index contributed by atoms with van der Waals surface area (Å²) in [5.41, 5.74) is 0. The molecule has 0 unspecified atom stereocenters. The molecule has 0 spiro atoms. The fraction of sp³-hybridized carbons (Fsp3) is 0.857. The summed E-state index contributed by atoms with van der Waals surface area (Å²) in [6.07, 6.45) is 0. The van der Waals surface area contributed by atoms with Gasteiger partial charge >= 0.3 is 5.97 Å². The highest BCUT2D eigenvalue weighted by atomic mass is 32.2. The number of hydrogen-bond acceptors (Lipinski definition) is 4. The third kappa shape index (κ3) is 4.54. The topological polar surface area (TPSA) is 89.7 Å². The fourth-order valence-corrected chi connectivity index (χ4v) is 1.77. The van der Waals surface area contributed by atoms with E-state index in [2.05, 4.69) is 4.74 Å². The number of nitrogens with zero attached hydrogens (tertiary/aromatic N) is 1. The van der Waals surface area contributed by atoms with Gasteiger partial charge in [0.15, 0.2) is 0 Å². The van der Waals surface area contributed by atoms with Crippen LogP contribution in [0.3, 0.4) is 0 Å². The smallest absolute Gasteiger partial charge is 0.321 e. The molecule has 0 amide bonds. The summed E-state index contributed by atoms with van der Waals surface area (Å²) in [5, 5.41) is 4.92. The highest BCUT2D eigenvalue weighted by molar-refractivity contribution is 7.86. The first-order valence-electron chi connectivity index (χ1n) is 4.24. The molecule has 14 heavy (non-hydrogen) atoms. The lowest BCUT2D eigenvalue weighted by Crippen LogP contribution is -2.44. The number of ether oxygens (including phenoxy) is 1. The Morgan fingerprint density at radius 2 is 2.00 bits per heavy atom. The molecule has 0 aromatic rings. The molecule has 0 saturated heterocycles. The molecule has 2 N–H and O–H groups in total. The van der Waals surface area contributed by atoms with Crippen LogP contribution in [0.2, 0.25) is 0 Å². The van der Waals surface area contributed by atoms with Gasteiger partial charge in [-0.05, 0) is 20.8 Å². The average molecular weight is 224 g/mol. The van der Waals surface area contributed by atoms with Crippen LogP contribution in [0, 0.1) is 0 Å². The van der Waals surface area contributed by atoms with Gasteiger partial charge in [-0.2, -0.15) is 12.7 Å². The van der Waals surface area contributed by atoms with Crippen molar-refractivity contribution in [1.82, 2.24) is 4.31 Å². The maximum absolute atomic E-state index is 11.0. The van der Waals surface area contributed by atoms with Crippen LogP contribution in [-0.4, -0.2) is 37.9 Å². The molecule has 0 radical (unpaired) electrons. The molecule has 0 bridgehead atoms. The molecule has 0 aliphatic carbocycles. The Kier molecular flexibility index (Phi) is 5.03. The van der Waals surface area contributed by atoms with Crippen molar-refractivity contribution in [3.05, 3.63) is 0 Å². The highest BCUT2D eigenvalue weighted by Gasteiger charge is 2.24. The Morgan fingerprint density at radius 1 is 1.50 bits per heavy atom. The fourth-order valence-electron chi connectivity index (χ4n) is 0.900. The number of nitrogens with two attached hydrogens (primary N) is 1. The van der Waals surface area contributed by atoms with E-state index in [9.17, 15) is 13.2 Å². The van der Waals surface area contributed by atoms with E-state index < -0.39 is 16.2 Å². The highest BCUT2D eigenvalue weighted by Crippen LogP contribution is 2.02. The zero-order valence-corrected chi connectivity index (χ0v) is 9.37. The Labute approximate surface area is 84.2 Å². The van der Waals surface area contributed by atoms with Crippen molar-refractivity contribution in [2.75, 3.05) is 13.2 Å². The Balaban J connectivity index is 4.48. The number of carbonyl (C=O) groups is 1. The number of hydrogen-bond donors (Lipinski definition) is 1. The molecule has 0 fully saturated rings. The molecular formula is C7H16N2O4S. The molecule has 0 atom stereocenters. The quantitative estimate of drug-likeness (QED) is 0.635. The van der Waals surface area contributed by atoms with E-state index in [-0.39, 0.29) is 19.2 Å². The van der Waals surface area contributed by atoms with Gasteiger partial charge in [-0.15, -0.1) is 0 Å². The predicted molar refractivity (Wildman–Crippen MR) is 51.6 cm³/mol. The van der Waals surface area contributed by atoms with Gasteiger partial charge in [0.1, 0.15) is 6.54 Å². The van der Waals surface area contributed by atoms with Crippen LogP contribution in [0.25, 0.3) is 0 Å². The molecule has 7 heteroatoms. The summed E-state index contributed by atoms with van der Waals surface area (Å²) in [7, 11) is -3.85. The maximum Gasteiger partial charge on any atom is 0.321 e. The molecule has 0 aliphatic heterocycles. The van der Waals surface area contributed by atoms with Crippen LogP contribution < -0.4 is 5.14 Å². The van der Waals surface area contributed by atoms with Crippen molar-refractivity contribution in [3.63, 3.8) is 0 Å². The summed E-state index contributed by atoms with van der Waals surface area (Å²) in [5.74, 6) is -0.602. The van der Waals surface area contributed by atoms with E-state index in [1.807, 2.05) is 0 Å². The van der Waals surface area contributed by atoms with Crippen LogP contribution >= 0.6 is 0 Å². The molecule has 0 aliphatic rings. The van der Waals surface area contributed by atoms with Crippen molar-refractivity contribution in [2.45, 2.75) is 26.8 Å². The Bertz CT molecular complexity index is 286. The minimum Gasteiger partial charge on any atom is -0.465 e. The van der Waals surface area contributed by atoms with E-state index in [1.165, 1.54) is 0 Å². The van der Waals surface area contributed by atoms with Gasteiger partial charge in [-0.1, -0.05) is 0 Å². The Hall–Kier alpha value is -0.660. The third-order valence-electron chi connectivity index (χ3n) is 1.49. The van der Waals surface area contributed by atoms with Crippen molar-refractivity contribution in [2.24, 2.45) is 5.14 Å². The number of esters is 1. The third-order valence-corrected chi connectivity index (χ3v) is 2.70. The SMILES string of the molecule is CCOC(=O)CN(C(C)C)S(N)(=O)=O. The normalized spacial score (nSPS) is 12.1. The van der Waals surface area contributed by atoms with Crippen molar-refractivity contribution < 1.29 is 17.9 Å². The van der Waals surface area contributed by atoms with E-state index in [0.717, 1.165) is 4.31 Å². The number of rotatable bonds is 5. The molecule has 0 heterocycles. The molecule has 0 aromatic heterocycles. The second kappa shape index (κ2) is 5.28. The first-order chi connectivity index (χ1) is 6.29. The monoisotopic (exact) mass is 224 g/mol. The first kappa shape index (κ1) is 13.3. The summed E-state index contributed by atoms with van der Waals surface area (Å²) in [6, 6.07) is -0.366.